The molecule has 0 aromatic carbocycles. The number of rotatable bonds is 4. The molecule has 2 unspecified atom stereocenters. The average molecular weight is 239 g/mol. The first-order valence-electron chi connectivity index (χ1n) is 6.80. The van der Waals surface area contributed by atoms with E-state index in [0.717, 1.165) is 0 Å². The molecule has 1 aliphatic heterocycles. The predicted molar refractivity (Wildman–Crippen MR) is 62.4 cm³/mol. The van der Waals surface area contributed by atoms with Gasteiger partial charge in [-0.3, -0.25) is 4.79 Å². The number of carbonyl (C=O) groups excluding carboxylic acids is 1. The molecule has 0 aromatic rings. The Morgan fingerprint density at radius 2 is 2.00 bits per heavy atom. The SMILES string of the molecule is O=C(NC(C1CCC1)C1CC1)C1(O)CCOC1. The van der Waals surface area contributed by atoms with Crippen LogP contribution in [0.25, 0.3) is 0 Å². The Kier molecular flexibility index (Phi) is 2.87. The average Bonchev–Trinajstić information content (AvgIpc) is 2.98. The van der Waals surface area contributed by atoms with Crippen LogP contribution in [0, 0.1) is 11.8 Å². The van der Waals surface area contributed by atoms with Gasteiger partial charge in [-0.25, -0.2) is 0 Å². The van der Waals surface area contributed by atoms with Gasteiger partial charge in [0.1, 0.15) is 0 Å². The molecule has 2 saturated carbocycles. The molecule has 4 heteroatoms. The first kappa shape index (κ1) is 11.5. The third-order valence-corrected chi connectivity index (χ3v) is 4.51. The Morgan fingerprint density at radius 3 is 2.47 bits per heavy atom. The van der Waals surface area contributed by atoms with Gasteiger partial charge in [-0.05, 0) is 37.5 Å². The summed E-state index contributed by atoms with van der Waals surface area (Å²) in [6.45, 7) is 0.641. The highest BCUT2D eigenvalue weighted by Gasteiger charge is 2.45. The second kappa shape index (κ2) is 4.25. The highest BCUT2D eigenvalue weighted by Crippen LogP contribution is 2.42. The second-order valence-corrected chi connectivity index (χ2v) is 5.86. The molecule has 4 nitrogen and oxygen atoms in total. The number of nitrogens with one attached hydrogen (secondary N) is 1. The number of aliphatic hydroxyl groups is 1. The number of amides is 1. The van der Waals surface area contributed by atoms with Crippen LogP contribution in [0.2, 0.25) is 0 Å². The normalized spacial score (nSPS) is 35.4. The minimum atomic E-state index is -1.27. The molecule has 3 rings (SSSR count). The van der Waals surface area contributed by atoms with Crippen molar-refractivity contribution in [3.63, 3.8) is 0 Å². The quantitative estimate of drug-likeness (QED) is 0.764. The summed E-state index contributed by atoms with van der Waals surface area (Å²) >= 11 is 0. The number of ether oxygens (including phenoxy) is 1. The van der Waals surface area contributed by atoms with Crippen molar-refractivity contribution in [2.45, 2.75) is 50.2 Å². The van der Waals surface area contributed by atoms with Gasteiger partial charge in [-0.2, -0.15) is 0 Å². The largest absolute Gasteiger partial charge is 0.378 e. The summed E-state index contributed by atoms with van der Waals surface area (Å²) in [5.41, 5.74) is -1.27. The molecule has 1 saturated heterocycles. The van der Waals surface area contributed by atoms with Crippen molar-refractivity contribution in [2.24, 2.45) is 11.8 Å². The highest BCUT2D eigenvalue weighted by atomic mass is 16.5. The molecule has 3 fully saturated rings. The van der Waals surface area contributed by atoms with Crippen molar-refractivity contribution < 1.29 is 14.6 Å². The molecule has 2 atom stereocenters. The van der Waals surface area contributed by atoms with Crippen molar-refractivity contribution in [1.29, 1.82) is 0 Å². The topological polar surface area (TPSA) is 58.6 Å². The molecule has 3 aliphatic rings. The van der Waals surface area contributed by atoms with Crippen molar-refractivity contribution in [3.8, 4) is 0 Å². The van der Waals surface area contributed by atoms with Gasteiger partial charge in [0.15, 0.2) is 5.60 Å². The van der Waals surface area contributed by atoms with Crippen LogP contribution >= 0.6 is 0 Å². The van der Waals surface area contributed by atoms with E-state index in [-0.39, 0.29) is 12.5 Å². The lowest BCUT2D eigenvalue weighted by Gasteiger charge is -2.36. The van der Waals surface area contributed by atoms with Crippen molar-refractivity contribution >= 4 is 5.91 Å². The van der Waals surface area contributed by atoms with Gasteiger partial charge in [-0.1, -0.05) is 6.42 Å². The monoisotopic (exact) mass is 239 g/mol. The fraction of sp³-hybridized carbons (Fsp3) is 0.923. The number of hydrogen-bond donors (Lipinski definition) is 2. The van der Waals surface area contributed by atoms with Crippen LogP contribution in [-0.2, 0) is 9.53 Å². The molecular weight excluding hydrogens is 218 g/mol. The minimum absolute atomic E-state index is 0.154. The van der Waals surface area contributed by atoms with Gasteiger partial charge in [0, 0.05) is 12.5 Å². The number of hydrogen-bond acceptors (Lipinski definition) is 3. The van der Waals surface area contributed by atoms with Gasteiger partial charge in [0.2, 0.25) is 0 Å². The third-order valence-electron chi connectivity index (χ3n) is 4.51. The molecule has 0 bridgehead atoms. The lowest BCUT2D eigenvalue weighted by atomic mass is 9.77. The Labute approximate surface area is 102 Å². The fourth-order valence-corrected chi connectivity index (χ4v) is 2.89. The maximum absolute atomic E-state index is 12.1. The van der Waals surface area contributed by atoms with Gasteiger partial charge < -0.3 is 15.2 Å². The van der Waals surface area contributed by atoms with Crippen molar-refractivity contribution in [2.75, 3.05) is 13.2 Å². The summed E-state index contributed by atoms with van der Waals surface area (Å²) in [5, 5.41) is 13.2. The van der Waals surface area contributed by atoms with Gasteiger partial charge in [0.05, 0.1) is 13.2 Å². The maximum atomic E-state index is 12.1. The molecule has 2 aliphatic carbocycles. The molecule has 1 heterocycles. The molecule has 96 valence electrons. The van der Waals surface area contributed by atoms with E-state index in [1.807, 2.05) is 0 Å². The van der Waals surface area contributed by atoms with Gasteiger partial charge in [0.25, 0.3) is 5.91 Å². The van der Waals surface area contributed by atoms with Crippen LogP contribution in [0.15, 0.2) is 0 Å². The lowest BCUT2D eigenvalue weighted by molar-refractivity contribution is -0.141. The summed E-state index contributed by atoms with van der Waals surface area (Å²) in [6, 6.07) is 0.306. The summed E-state index contributed by atoms with van der Waals surface area (Å²) in [6.07, 6.45) is 6.65. The molecule has 1 amide bonds. The lowest BCUT2D eigenvalue weighted by Crippen LogP contribution is -2.54. The molecule has 0 radical (unpaired) electrons. The zero-order chi connectivity index (χ0) is 11.9. The van der Waals surface area contributed by atoms with Crippen LogP contribution in [0.3, 0.4) is 0 Å². The van der Waals surface area contributed by atoms with E-state index in [1.54, 1.807) is 0 Å². The molecular formula is C13H21NO3. The first-order chi connectivity index (χ1) is 8.19. The summed E-state index contributed by atoms with van der Waals surface area (Å²) in [7, 11) is 0. The van der Waals surface area contributed by atoms with E-state index < -0.39 is 5.60 Å². The third kappa shape index (κ3) is 2.20. The Hall–Kier alpha value is -0.610. The minimum Gasteiger partial charge on any atom is -0.378 e. The smallest absolute Gasteiger partial charge is 0.254 e. The standard InChI is InChI=1S/C13H21NO3/c15-12(13(16)6-7-17-8-13)14-11(10-4-5-10)9-2-1-3-9/h9-11,16H,1-8H2,(H,14,15). The van der Waals surface area contributed by atoms with Crippen LogP contribution < -0.4 is 5.32 Å². The van der Waals surface area contributed by atoms with Crippen LogP contribution in [0.5, 0.6) is 0 Å². The zero-order valence-electron chi connectivity index (χ0n) is 10.2. The van der Waals surface area contributed by atoms with E-state index in [2.05, 4.69) is 5.32 Å². The van der Waals surface area contributed by atoms with E-state index in [9.17, 15) is 9.90 Å². The van der Waals surface area contributed by atoms with Crippen LogP contribution in [0.1, 0.15) is 38.5 Å². The first-order valence-corrected chi connectivity index (χ1v) is 6.80. The Bertz CT molecular complexity index is 304. The van der Waals surface area contributed by atoms with E-state index in [4.69, 9.17) is 4.74 Å². The number of carbonyl (C=O) groups is 1. The van der Waals surface area contributed by atoms with Crippen LogP contribution in [0.4, 0.5) is 0 Å². The van der Waals surface area contributed by atoms with E-state index in [0.29, 0.717) is 30.9 Å². The van der Waals surface area contributed by atoms with Crippen LogP contribution in [-0.4, -0.2) is 35.9 Å². The molecule has 0 aromatic heterocycles. The predicted octanol–water partition coefficient (Wildman–Crippen LogP) is 0.833. The Balaban J connectivity index is 1.61. The van der Waals surface area contributed by atoms with E-state index in [1.165, 1.54) is 32.1 Å². The highest BCUT2D eigenvalue weighted by molar-refractivity contribution is 5.85. The van der Waals surface area contributed by atoms with Crippen molar-refractivity contribution in [3.05, 3.63) is 0 Å². The summed E-state index contributed by atoms with van der Waals surface area (Å²) in [5.74, 6) is 1.10. The zero-order valence-corrected chi connectivity index (χ0v) is 10.2. The Morgan fingerprint density at radius 1 is 1.29 bits per heavy atom. The second-order valence-electron chi connectivity index (χ2n) is 5.86. The van der Waals surface area contributed by atoms with Crippen molar-refractivity contribution in [1.82, 2.24) is 5.32 Å². The fourth-order valence-electron chi connectivity index (χ4n) is 2.89. The molecule has 17 heavy (non-hydrogen) atoms. The van der Waals surface area contributed by atoms with Gasteiger partial charge >= 0.3 is 0 Å². The summed E-state index contributed by atoms with van der Waals surface area (Å²) < 4.78 is 5.13. The maximum Gasteiger partial charge on any atom is 0.254 e. The van der Waals surface area contributed by atoms with Gasteiger partial charge in [-0.15, -0.1) is 0 Å². The molecule has 2 N–H and O–H groups in total. The summed E-state index contributed by atoms with van der Waals surface area (Å²) in [4.78, 5) is 12.1. The molecule has 0 spiro atoms. The van der Waals surface area contributed by atoms with E-state index >= 15 is 0 Å².